The topological polar surface area (TPSA) is 86.9 Å². The van der Waals surface area contributed by atoms with Crippen molar-refractivity contribution < 1.29 is 8.42 Å². The van der Waals surface area contributed by atoms with E-state index in [1.807, 2.05) is 6.92 Å². The minimum absolute atomic E-state index is 0.222. The van der Waals surface area contributed by atoms with E-state index >= 15 is 0 Å². The van der Waals surface area contributed by atoms with Gasteiger partial charge in [0.2, 0.25) is 10.0 Å². The Morgan fingerprint density at radius 1 is 1.24 bits per heavy atom. The zero-order valence-electron chi connectivity index (χ0n) is 12.6. The lowest BCUT2D eigenvalue weighted by atomic mass is 10.1. The van der Waals surface area contributed by atoms with Gasteiger partial charge in [-0.2, -0.15) is 5.10 Å². The van der Waals surface area contributed by atoms with Crippen LogP contribution >= 0.6 is 0 Å². The molecule has 0 amide bonds. The van der Waals surface area contributed by atoms with E-state index in [1.165, 1.54) is 0 Å². The molecule has 2 rings (SSSR count). The molecule has 114 valence electrons. The van der Waals surface area contributed by atoms with Crippen LogP contribution < -0.4 is 10.0 Å². The summed E-state index contributed by atoms with van der Waals surface area (Å²) in [5.41, 5.74) is 1.11. The molecule has 3 N–H and O–H groups in total. The predicted octanol–water partition coefficient (Wildman–Crippen LogP) is 2.54. The highest BCUT2D eigenvalue weighted by molar-refractivity contribution is 7.89. The summed E-state index contributed by atoms with van der Waals surface area (Å²) in [6.07, 6.45) is 1.70. The van der Waals surface area contributed by atoms with Crippen LogP contribution in [-0.4, -0.2) is 24.2 Å². The minimum Gasteiger partial charge on any atom is -0.340 e. The van der Waals surface area contributed by atoms with E-state index in [0.29, 0.717) is 5.69 Å². The number of nitrogens with zero attached hydrogens (tertiary/aromatic N) is 1. The molecule has 0 atom stereocenters. The Morgan fingerprint density at radius 3 is 2.52 bits per heavy atom. The number of aryl methyl sites for hydroxylation is 1. The first-order valence-electron chi connectivity index (χ1n) is 6.58. The smallest absolute Gasteiger partial charge is 0.241 e. The maximum atomic E-state index is 12.3. The zero-order valence-corrected chi connectivity index (χ0v) is 13.4. The molecule has 2 aromatic rings. The molecule has 0 fully saturated rings. The highest BCUT2D eigenvalue weighted by Gasteiger charge is 2.22. The molecule has 6 nitrogen and oxygen atoms in total. The molecule has 0 radical (unpaired) electrons. The van der Waals surface area contributed by atoms with Crippen molar-refractivity contribution in [3.63, 3.8) is 0 Å². The first-order valence-corrected chi connectivity index (χ1v) is 8.07. The summed E-state index contributed by atoms with van der Waals surface area (Å²) in [5, 5.41) is 9.86. The lowest BCUT2D eigenvalue weighted by Crippen LogP contribution is -2.40. The molecule has 21 heavy (non-hydrogen) atoms. The van der Waals surface area contributed by atoms with Gasteiger partial charge in [-0.3, -0.25) is 5.10 Å². The highest BCUT2D eigenvalue weighted by Crippen LogP contribution is 2.21. The maximum Gasteiger partial charge on any atom is 0.241 e. The van der Waals surface area contributed by atoms with Crippen LogP contribution in [0.25, 0.3) is 0 Å². The summed E-state index contributed by atoms with van der Waals surface area (Å²) < 4.78 is 27.3. The molecule has 0 aliphatic rings. The summed E-state index contributed by atoms with van der Waals surface area (Å²) in [6.45, 7) is 7.33. The molecule has 0 unspecified atom stereocenters. The average molecular weight is 308 g/mol. The van der Waals surface area contributed by atoms with Gasteiger partial charge in [-0.1, -0.05) is 6.07 Å². The van der Waals surface area contributed by atoms with Crippen LogP contribution in [0.2, 0.25) is 0 Å². The van der Waals surface area contributed by atoms with E-state index in [2.05, 4.69) is 20.2 Å². The Kier molecular flexibility index (Phi) is 4.06. The first kappa shape index (κ1) is 15.5. The van der Waals surface area contributed by atoms with E-state index in [4.69, 9.17) is 0 Å². The van der Waals surface area contributed by atoms with Crippen LogP contribution in [0, 0.1) is 6.92 Å². The van der Waals surface area contributed by atoms with Gasteiger partial charge in [0.15, 0.2) is 0 Å². The van der Waals surface area contributed by atoms with Crippen LogP contribution in [0.5, 0.6) is 0 Å². The molecule has 0 aliphatic carbocycles. The zero-order chi connectivity index (χ0) is 15.7. The summed E-state index contributed by atoms with van der Waals surface area (Å²) >= 11 is 0. The van der Waals surface area contributed by atoms with Gasteiger partial charge < -0.3 is 5.32 Å². The number of rotatable bonds is 4. The Balaban J connectivity index is 2.28. The Hall–Kier alpha value is -1.86. The molecule has 0 spiro atoms. The van der Waals surface area contributed by atoms with Gasteiger partial charge >= 0.3 is 0 Å². The second-order valence-electron chi connectivity index (χ2n) is 5.94. The van der Waals surface area contributed by atoms with E-state index in [9.17, 15) is 8.42 Å². The van der Waals surface area contributed by atoms with Gasteiger partial charge in [0.1, 0.15) is 5.82 Å². The van der Waals surface area contributed by atoms with Crippen LogP contribution in [0.1, 0.15) is 26.3 Å². The van der Waals surface area contributed by atoms with Gasteiger partial charge in [-0.15, -0.1) is 0 Å². The second kappa shape index (κ2) is 5.50. The summed E-state index contributed by atoms with van der Waals surface area (Å²) in [4.78, 5) is 0.222. The standard InChI is InChI=1S/C14H20N4O2S/c1-10-9-15-17-13(10)16-11-6-5-7-12(8-11)21(19,20)18-14(2,3)4/h5-9,18H,1-4H3,(H2,15,16,17). The summed E-state index contributed by atoms with van der Waals surface area (Å²) in [5.74, 6) is 0.744. The third-order valence-corrected chi connectivity index (χ3v) is 4.44. The van der Waals surface area contributed by atoms with Crippen molar-refractivity contribution in [1.82, 2.24) is 14.9 Å². The quantitative estimate of drug-likeness (QED) is 0.810. The van der Waals surface area contributed by atoms with Gasteiger partial charge in [0.05, 0.1) is 11.1 Å². The Morgan fingerprint density at radius 2 is 1.95 bits per heavy atom. The van der Waals surface area contributed by atoms with Crippen molar-refractivity contribution in [1.29, 1.82) is 0 Å². The number of sulfonamides is 1. The largest absolute Gasteiger partial charge is 0.340 e. The monoisotopic (exact) mass is 308 g/mol. The highest BCUT2D eigenvalue weighted by atomic mass is 32.2. The molecule has 0 saturated carbocycles. The number of anilines is 2. The molecule has 0 aliphatic heterocycles. The van der Waals surface area contributed by atoms with Crippen molar-refractivity contribution in [3.05, 3.63) is 36.0 Å². The van der Waals surface area contributed by atoms with E-state index in [0.717, 1.165) is 11.4 Å². The molecular formula is C14H20N4O2S. The number of aromatic amines is 1. The molecular weight excluding hydrogens is 288 g/mol. The molecule has 0 saturated heterocycles. The number of hydrogen-bond acceptors (Lipinski definition) is 4. The Bertz CT molecular complexity index is 729. The van der Waals surface area contributed by atoms with Crippen molar-refractivity contribution in [2.24, 2.45) is 0 Å². The summed E-state index contributed by atoms with van der Waals surface area (Å²) in [6, 6.07) is 6.66. The predicted molar refractivity (Wildman–Crippen MR) is 83.1 cm³/mol. The fourth-order valence-corrected chi connectivity index (χ4v) is 3.28. The van der Waals surface area contributed by atoms with Crippen LogP contribution in [0.3, 0.4) is 0 Å². The first-order chi connectivity index (χ1) is 9.67. The number of H-pyrrole nitrogens is 1. The van der Waals surface area contributed by atoms with Crippen LogP contribution in [0.4, 0.5) is 11.5 Å². The molecule has 0 bridgehead atoms. The van der Waals surface area contributed by atoms with E-state index in [1.54, 1.807) is 51.2 Å². The number of nitrogens with one attached hydrogen (secondary N) is 3. The van der Waals surface area contributed by atoms with E-state index < -0.39 is 15.6 Å². The SMILES string of the molecule is Cc1cn[nH]c1Nc1cccc(S(=O)(=O)NC(C)(C)C)c1. The van der Waals surface area contributed by atoms with Crippen LogP contribution in [-0.2, 0) is 10.0 Å². The van der Waals surface area contributed by atoms with Gasteiger partial charge in [-0.05, 0) is 45.9 Å². The average Bonchev–Trinajstić information content (AvgIpc) is 2.72. The van der Waals surface area contributed by atoms with Crippen molar-refractivity contribution in [2.75, 3.05) is 5.32 Å². The number of aromatic nitrogens is 2. The fraction of sp³-hybridized carbons (Fsp3) is 0.357. The summed E-state index contributed by atoms with van der Waals surface area (Å²) in [7, 11) is -3.55. The molecule has 1 aromatic carbocycles. The van der Waals surface area contributed by atoms with Crippen molar-refractivity contribution >= 4 is 21.5 Å². The lowest BCUT2D eigenvalue weighted by Gasteiger charge is -2.20. The Labute approximate surface area is 125 Å². The van der Waals surface area contributed by atoms with Crippen molar-refractivity contribution in [2.45, 2.75) is 38.1 Å². The molecule has 7 heteroatoms. The van der Waals surface area contributed by atoms with E-state index in [-0.39, 0.29) is 4.90 Å². The minimum atomic E-state index is -3.55. The molecule has 1 heterocycles. The van der Waals surface area contributed by atoms with Crippen LogP contribution in [0.15, 0.2) is 35.4 Å². The van der Waals surface area contributed by atoms with Gasteiger partial charge in [0.25, 0.3) is 0 Å². The fourth-order valence-electron chi connectivity index (χ4n) is 1.82. The number of benzene rings is 1. The van der Waals surface area contributed by atoms with Crippen molar-refractivity contribution in [3.8, 4) is 0 Å². The second-order valence-corrected chi connectivity index (χ2v) is 7.62. The maximum absolute atomic E-state index is 12.3. The van der Waals surface area contributed by atoms with Gasteiger partial charge in [-0.25, -0.2) is 13.1 Å². The normalized spacial score (nSPS) is 12.4. The number of hydrogen-bond donors (Lipinski definition) is 3. The third kappa shape index (κ3) is 4.05. The van der Waals surface area contributed by atoms with Gasteiger partial charge in [0, 0.05) is 16.8 Å². The molecule has 1 aromatic heterocycles. The lowest BCUT2D eigenvalue weighted by molar-refractivity contribution is 0.491. The third-order valence-electron chi connectivity index (χ3n) is 2.68.